The van der Waals surface area contributed by atoms with Gasteiger partial charge in [-0.05, 0) is 42.3 Å². The van der Waals surface area contributed by atoms with Crippen LogP contribution in [-0.4, -0.2) is 19.6 Å². The molecule has 0 aliphatic rings. The molecule has 0 bridgehead atoms. The Morgan fingerprint density at radius 2 is 2.00 bits per heavy atom. The molecule has 0 spiro atoms. The van der Waals surface area contributed by atoms with E-state index >= 15 is 0 Å². The monoisotopic (exact) mass is 319 g/mol. The van der Waals surface area contributed by atoms with Gasteiger partial charge in [-0.2, -0.15) is 0 Å². The zero-order valence-electron chi connectivity index (χ0n) is 12.6. The van der Waals surface area contributed by atoms with E-state index in [0.717, 1.165) is 11.1 Å². The fourth-order valence-electron chi connectivity index (χ4n) is 1.94. The second-order valence-corrected chi connectivity index (χ2v) is 5.29. The second kappa shape index (κ2) is 7.71. The molecule has 0 aromatic heterocycles. The van der Waals surface area contributed by atoms with Gasteiger partial charge in [-0.15, -0.1) is 0 Å². The highest BCUT2D eigenvalue weighted by Crippen LogP contribution is 2.27. The van der Waals surface area contributed by atoms with Crippen LogP contribution in [-0.2, 0) is 11.3 Å². The van der Waals surface area contributed by atoms with Gasteiger partial charge in [-0.1, -0.05) is 29.8 Å². The third-order valence-corrected chi connectivity index (χ3v) is 3.29. The van der Waals surface area contributed by atoms with Crippen molar-refractivity contribution in [1.82, 2.24) is 5.32 Å². The highest BCUT2D eigenvalue weighted by molar-refractivity contribution is 6.30. The molecule has 0 saturated carbocycles. The molecule has 0 atom stereocenters. The topological polar surface area (TPSA) is 47.6 Å². The van der Waals surface area contributed by atoms with Crippen molar-refractivity contribution in [3.05, 3.63) is 58.6 Å². The van der Waals surface area contributed by atoms with Crippen LogP contribution < -0.4 is 14.8 Å². The molecule has 2 aromatic carbocycles. The first-order valence-electron chi connectivity index (χ1n) is 6.87. The summed E-state index contributed by atoms with van der Waals surface area (Å²) < 4.78 is 10.7. The third kappa shape index (κ3) is 4.67. The van der Waals surface area contributed by atoms with E-state index in [9.17, 15) is 4.79 Å². The number of hydrogen-bond donors (Lipinski definition) is 1. The molecule has 22 heavy (non-hydrogen) atoms. The van der Waals surface area contributed by atoms with E-state index in [-0.39, 0.29) is 12.5 Å². The molecule has 0 radical (unpaired) electrons. The van der Waals surface area contributed by atoms with Crippen molar-refractivity contribution >= 4 is 17.5 Å². The molecule has 0 unspecified atom stereocenters. The minimum Gasteiger partial charge on any atom is -0.493 e. The van der Waals surface area contributed by atoms with Crippen LogP contribution in [0.4, 0.5) is 0 Å². The first-order chi connectivity index (χ1) is 10.6. The predicted molar refractivity (Wildman–Crippen MR) is 86.5 cm³/mol. The Balaban J connectivity index is 1.85. The highest BCUT2D eigenvalue weighted by atomic mass is 35.5. The van der Waals surface area contributed by atoms with Crippen LogP contribution in [0.1, 0.15) is 11.1 Å². The summed E-state index contributed by atoms with van der Waals surface area (Å²) in [4.78, 5) is 11.8. The summed E-state index contributed by atoms with van der Waals surface area (Å²) in [6, 6.07) is 12.9. The summed E-state index contributed by atoms with van der Waals surface area (Å²) >= 11 is 5.90. The van der Waals surface area contributed by atoms with Crippen LogP contribution in [0.15, 0.2) is 42.5 Å². The van der Waals surface area contributed by atoms with Crippen molar-refractivity contribution in [3.63, 3.8) is 0 Å². The van der Waals surface area contributed by atoms with Gasteiger partial charge in [0.05, 0.1) is 7.11 Å². The van der Waals surface area contributed by atoms with Gasteiger partial charge in [0.15, 0.2) is 18.1 Å². The number of benzene rings is 2. The summed E-state index contributed by atoms with van der Waals surface area (Å²) in [5.41, 5.74) is 2.00. The third-order valence-electron chi connectivity index (χ3n) is 3.06. The first-order valence-corrected chi connectivity index (χ1v) is 7.25. The number of aryl methyl sites for hydroxylation is 1. The summed E-state index contributed by atoms with van der Waals surface area (Å²) in [7, 11) is 1.57. The maximum atomic E-state index is 11.8. The lowest BCUT2D eigenvalue weighted by Gasteiger charge is -2.11. The van der Waals surface area contributed by atoms with E-state index in [2.05, 4.69) is 5.32 Å². The van der Waals surface area contributed by atoms with Gasteiger partial charge >= 0.3 is 0 Å². The minimum absolute atomic E-state index is 0.0695. The molecule has 0 fully saturated rings. The number of carbonyl (C=O) groups is 1. The van der Waals surface area contributed by atoms with E-state index in [1.165, 1.54) is 0 Å². The minimum atomic E-state index is -0.206. The van der Waals surface area contributed by atoms with Gasteiger partial charge in [0.25, 0.3) is 5.91 Å². The SMILES string of the molecule is COc1cc(C)ccc1OCC(=O)NCc1cccc(Cl)c1. The fourth-order valence-corrected chi connectivity index (χ4v) is 2.15. The smallest absolute Gasteiger partial charge is 0.258 e. The molecule has 0 aliphatic heterocycles. The molecule has 116 valence electrons. The van der Waals surface area contributed by atoms with Crippen molar-refractivity contribution in [2.75, 3.05) is 13.7 Å². The normalized spacial score (nSPS) is 10.1. The quantitative estimate of drug-likeness (QED) is 0.888. The van der Waals surface area contributed by atoms with Crippen molar-refractivity contribution in [2.45, 2.75) is 13.5 Å². The average Bonchev–Trinajstić information content (AvgIpc) is 2.51. The van der Waals surface area contributed by atoms with Gasteiger partial charge in [0.2, 0.25) is 0 Å². The van der Waals surface area contributed by atoms with Crippen molar-refractivity contribution < 1.29 is 14.3 Å². The molecule has 1 N–H and O–H groups in total. The lowest BCUT2D eigenvalue weighted by molar-refractivity contribution is -0.123. The Bertz CT molecular complexity index is 658. The van der Waals surface area contributed by atoms with Gasteiger partial charge in [0, 0.05) is 11.6 Å². The van der Waals surface area contributed by atoms with E-state index in [0.29, 0.717) is 23.1 Å². The number of nitrogens with one attached hydrogen (secondary N) is 1. The summed E-state index contributed by atoms with van der Waals surface area (Å²) in [6.45, 7) is 2.30. The first kappa shape index (κ1) is 16.2. The van der Waals surface area contributed by atoms with Gasteiger partial charge in [-0.3, -0.25) is 4.79 Å². The largest absolute Gasteiger partial charge is 0.493 e. The molecule has 1 amide bonds. The number of hydrogen-bond acceptors (Lipinski definition) is 3. The highest BCUT2D eigenvalue weighted by Gasteiger charge is 2.07. The molecule has 0 heterocycles. The molecular formula is C17H18ClNO3. The van der Waals surface area contributed by atoms with Gasteiger partial charge in [-0.25, -0.2) is 0 Å². The molecule has 5 heteroatoms. The van der Waals surface area contributed by atoms with E-state index in [1.807, 2.05) is 37.3 Å². The van der Waals surface area contributed by atoms with Crippen molar-refractivity contribution in [1.29, 1.82) is 0 Å². The molecule has 0 saturated heterocycles. The Kier molecular flexibility index (Phi) is 5.67. The molecular weight excluding hydrogens is 302 g/mol. The van der Waals surface area contributed by atoms with Crippen molar-refractivity contribution in [2.24, 2.45) is 0 Å². The Hall–Kier alpha value is -2.20. The number of rotatable bonds is 6. The lowest BCUT2D eigenvalue weighted by atomic mass is 10.2. The van der Waals surface area contributed by atoms with Gasteiger partial charge < -0.3 is 14.8 Å². The van der Waals surface area contributed by atoms with Crippen LogP contribution in [0.5, 0.6) is 11.5 Å². The zero-order chi connectivity index (χ0) is 15.9. The predicted octanol–water partition coefficient (Wildman–Crippen LogP) is 3.35. The molecule has 2 rings (SSSR count). The van der Waals surface area contributed by atoms with Gasteiger partial charge in [0.1, 0.15) is 0 Å². The Labute approximate surface area is 135 Å². The number of halogens is 1. The number of ether oxygens (including phenoxy) is 2. The van der Waals surface area contributed by atoms with E-state index in [1.54, 1.807) is 19.2 Å². The lowest BCUT2D eigenvalue weighted by Crippen LogP contribution is -2.28. The molecule has 0 aliphatic carbocycles. The average molecular weight is 320 g/mol. The van der Waals surface area contributed by atoms with E-state index in [4.69, 9.17) is 21.1 Å². The van der Waals surface area contributed by atoms with Crippen LogP contribution in [0.3, 0.4) is 0 Å². The molecule has 2 aromatic rings. The number of carbonyl (C=O) groups excluding carboxylic acids is 1. The maximum absolute atomic E-state index is 11.8. The zero-order valence-corrected chi connectivity index (χ0v) is 13.3. The standard InChI is InChI=1S/C17H18ClNO3/c1-12-6-7-15(16(8-12)21-2)22-11-17(20)19-10-13-4-3-5-14(18)9-13/h3-9H,10-11H2,1-2H3,(H,19,20). The van der Waals surface area contributed by atoms with Crippen molar-refractivity contribution in [3.8, 4) is 11.5 Å². The summed E-state index contributed by atoms with van der Waals surface area (Å²) in [5.74, 6) is 0.955. The van der Waals surface area contributed by atoms with Crippen LogP contribution in [0, 0.1) is 6.92 Å². The van der Waals surface area contributed by atoms with Crippen LogP contribution in [0.25, 0.3) is 0 Å². The Morgan fingerprint density at radius 3 is 2.73 bits per heavy atom. The number of methoxy groups -OCH3 is 1. The summed E-state index contributed by atoms with van der Waals surface area (Å²) in [6.07, 6.45) is 0. The summed E-state index contributed by atoms with van der Waals surface area (Å²) in [5, 5.41) is 3.43. The Morgan fingerprint density at radius 1 is 1.18 bits per heavy atom. The fraction of sp³-hybridized carbons (Fsp3) is 0.235. The second-order valence-electron chi connectivity index (χ2n) is 4.85. The molecule has 4 nitrogen and oxygen atoms in total. The van der Waals surface area contributed by atoms with Crippen LogP contribution >= 0.6 is 11.6 Å². The van der Waals surface area contributed by atoms with Crippen LogP contribution in [0.2, 0.25) is 5.02 Å². The van der Waals surface area contributed by atoms with E-state index < -0.39 is 0 Å². The number of amides is 1. The maximum Gasteiger partial charge on any atom is 0.258 e.